The fourth-order valence-corrected chi connectivity index (χ4v) is 6.03. The highest BCUT2D eigenvalue weighted by Crippen LogP contribution is 2.55. The lowest BCUT2D eigenvalue weighted by molar-refractivity contribution is 0.315. The summed E-state index contributed by atoms with van der Waals surface area (Å²) in [4.78, 5) is 0. The first-order valence-corrected chi connectivity index (χ1v) is 13.2. The third kappa shape index (κ3) is 4.06. The summed E-state index contributed by atoms with van der Waals surface area (Å²) in [6.07, 6.45) is 12.8. The van der Waals surface area contributed by atoms with Gasteiger partial charge in [0.05, 0.1) is 0 Å². The van der Waals surface area contributed by atoms with E-state index in [4.69, 9.17) is 4.63 Å². The van der Waals surface area contributed by atoms with Crippen molar-refractivity contribution in [1.82, 2.24) is 10.3 Å². The lowest BCUT2D eigenvalue weighted by Crippen LogP contribution is -2.25. The molecular weight excluding hydrogens is 416 g/mol. The maximum atomic E-state index is 5.06. The van der Waals surface area contributed by atoms with Crippen LogP contribution >= 0.6 is 0 Å². The zero-order chi connectivity index (χ0) is 23.4. The zero-order valence-corrected chi connectivity index (χ0v) is 20.6. The van der Waals surface area contributed by atoms with E-state index in [2.05, 4.69) is 72.7 Å². The molecule has 3 aromatic carbocycles. The molecule has 1 aliphatic rings. The first-order chi connectivity index (χ1) is 16.8. The van der Waals surface area contributed by atoms with E-state index >= 15 is 0 Å². The summed E-state index contributed by atoms with van der Waals surface area (Å²) in [6, 6.07) is 22.4. The topological polar surface area (TPSA) is 38.9 Å². The molecule has 1 aliphatic carbocycles. The van der Waals surface area contributed by atoms with Gasteiger partial charge in [0.1, 0.15) is 11.0 Å². The van der Waals surface area contributed by atoms with Gasteiger partial charge in [-0.2, -0.15) is 0 Å². The van der Waals surface area contributed by atoms with Gasteiger partial charge in [-0.1, -0.05) is 114 Å². The van der Waals surface area contributed by atoms with Crippen LogP contribution in [0.5, 0.6) is 0 Å². The number of aromatic nitrogens is 2. The van der Waals surface area contributed by atoms with Gasteiger partial charge in [0.15, 0.2) is 0 Å². The number of hydrogen-bond acceptors (Lipinski definition) is 3. The summed E-state index contributed by atoms with van der Waals surface area (Å²) in [5.41, 5.74) is 9.94. The first-order valence-electron chi connectivity index (χ1n) is 13.2. The van der Waals surface area contributed by atoms with Gasteiger partial charge in [-0.3, -0.25) is 0 Å². The fourth-order valence-electron chi connectivity index (χ4n) is 6.03. The maximum absolute atomic E-state index is 5.06. The van der Waals surface area contributed by atoms with E-state index in [1.54, 1.807) is 0 Å². The molecule has 0 N–H and O–H groups in total. The highest BCUT2D eigenvalue weighted by molar-refractivity contribution is 5.93. The number of fused-ring (bicyclic) bond motifs is 4. The Morgan fingerprint density at radius 1 is 0.647 bits per heavy atom. The van der Waals surface area contributed by atoms with Crippen molar-refractivity contribution < 1.29 is 4.63 Å². The monoisotopic (exact) mass is 452 g/mol. The van der Waals surface area contributed by atoms with E-state index in [1.807, 2.05) is 12.1 Å². The third-order valence-corrected chi connectivity index (χ3v) is 7.78. The first kappa shape index (κ1) is 22.8. The Morgan fingerprint density at radius 3 is 2.12 bits per heavy atom. The van der Waals surface area contributed by atoms with Crippen molar-refractivity contribution in [2.75, 3.05) is 0 Å². The molecule has 0 atom stereocenters. The predicted molar refractivity (Wildman–Crippen MR) is 141 cm³/mol. The normalized spacial score (nSPS) is 13.8. The molecule has 3 nitrogen and oxygen atoms in total. The van der Waals surface area contributed by atoms with Crippen molar-refractivity contribution in [2.45, 2.75) is 83.5 Å². The lowest BCUT2D eigenvalue weighted by atomic mass is 9.70. The average Bonchev–Trinajstić information content (AvgIpc) is 3.46. The Hall–Kier alpha value is -2.94. The molecule has 1 heterocycles. The van der Waals surface area contributed by atoms with Crippen LogP contribution in [0.25, 0.3) is 33.3 Å². The van der Waals surface area contributed by atoms with E-state index in [0.29, 0.717) is 0 Å². The van der Waals surface area contributed by atoms with Crippen LogP contribution in [-0.4, -0.2) is 10.3 Å². The highest BCUT2D eigenvalue weighted by atomic mass is 16.6. The summed E-state index contributed by atoms with van der Waals surface area (Å²) in [5.74, 6) is 0. The number of unbranched alkanes of at least 4 members (excludes halogenated alkanes) is 6. The minimum atomic E-state index is 0.0966. The van der Waals surface area contributed by atoms with Crippen molar-refractivity contribution >= 4 is 11.0 Å². The van der Waals surface area contributed by atoms with Crippen LogP contribution in [0.3, 0.4) is 0 Å². The molecule has 0 unspecified atom stereocenters. The van der Waals surface area contributed by atoms with Crippen molar-refractivity contribution in [2.24, 2.45) is 0 Å². The van der Waals surface area contributed by atoms with Gasteiger partial charge < -0.3 is 0 Å². The quantitative estimate of drug-likeness (QED) is 0.213. The standard InChI is InChI=1S/C31H36N2O/c1-3-5-7-11-20-31(21-12-8-6-4-2)27-16-10-9-14-25(27)26-19-18-23(22-28(26)31)24-15-13-17-29-30(24)33-34-32-29/h9-10,13-19,22H,3-8,11-12,20-21H2,1-2H3. The average molecular weight is 453 g/mol. The molecule has 4 aromatic rings. The van der Waals surface area contributed by atoms with Crippen LogP contribution in [0, 0.1) is 0 Å². The van der Waals surface area contributed by atoms with E-state index in [9.17, 15) is 0 Å². The SMILES string of the molecule is CCCCCCC1(CCCCCC)c2ccccc2-c2ccc(-c3cccc4nonc34)cc21. The minimum Gasteiger partial charge on any atom is -0.243 e. The second-order valence-electron chi connectivity index (χ2n) is 9.95. The van der Waals surface area contributed by atoms with Crippen LogP contribution in [0.1, 0.15) is 89.2 Å². The molecule has 34 heavy (non-hydrogen) atoms. The van der Waals surface area contributed by atoms with Gasteiger partial charge >= 0.3 is 0 Å². The number of nitrogens with zero attached hydrogens (tertiary/aromatic N) is 2. The van der Waals surface area contributed by atoms with Crippen LogP contribution in [0.2, 0.25) is 0 Å². The van der Waals surface area contributed by atoms with Crippen LogP contribution in [0.4, 0.5) is 0 Å². The van der Waals surface area contributed by atoms with Gasteiger partial charge in [-0.25, -0.2) is 4.63 Å². The van der Waals surface area contributed by atoms with Crippen molar-refractivity contribution in [3.05, 3.63) is 71.8 Å². The molecule has 0 fully saturated rings. The molecule has 0 saturated carbocycles. The molecule has 176 valence electrons. The summed E-state index contributed by atoms with van der Waals surface area (Å²) in [7, 11) is 0. The number of rotatable bonds is 11. The Balaban J connectivity index is 1.62. The van der Waals surface area contributed by atoms with Gasteiger partial charge in [0, 0.05) is 11.0 Å². The van der Waals surface area contributed by atoms with Crippen LogP contribution < -0.4 is 0 Å². The summed E-state index contributed by atoms with van der Waals surface area (Å²) in [5, 5.41) is 8.29. The molecule has 5 rings (SSSR count). The molecule has 0 aliphatic heterocycles. The van der Waals surface area contributed by atoms with Crippen LogP contribution in [0.15, 0.2) is 65.3 Å². The Morgan fingerprint density at radius 2 is 1.35 bits per heavy atom. The summed E-state index contributed by atoms with van der Waals surface area (Å²) in [6.45, 7) is 4.60. The second-order valence-corrected chi connectivity index (χ2v) is 9.95. The van der Waals surface area contributed by atoms with Gasteiger partial charge in [0.2, 0.25) is 0 Å². The van der Waals surface area contributed by atoms with Crippen molar-refractivity contribution in [3.8, 4) is 22.3 Å². The van der Waals surface area contributed by atoms with Gasteiger partial charge in [0.25, 0.3) is 0 Å². The minimum absolute atomic E-state index is 0.0966. The summed E-state index contributed by atoms with van der Waals surface area (Å²) < 4.78 is 5.06. The van der Waals surface area contributed by atoms with Gasteiger partial charge in [-0.15, -0.1) is 0 Å². The molecule has 0 radical (unpaired) electrons. The van der Waals surface area contributed by atoms with E-state index in [-0.39, 0.29) is 5.41 Å². The Bertz CT molecular complexity index is 1240. The van der Waals surface area contributed by atoms with Crippen LogP contribution in [-0.2, 0) is 5.41 Å². The summed E-state index contributed by atoms with van der Waals surface area (Å²) >= 11 is 0. The largest absolute Gasteiger partial charge is 0.243 e. The van der Waals surface area contributed by atoms with E-state index in [0.717, 1.165) is 16.6 Å². The molecule has 0 spiro atoms. The van der Waals surface area contributed by atoms with Crippen molar-refractivity contribution in [3.63, 3.8) is 0 Å². The third-order valence-electron chi connectivity index (χ3n) is 7.78. The fraction of sp³-hybridized carbons (Fsp3) is 0.419. The maximum Gasteiger partial charge on any atom is 0.143 e. The lowest BCUT2D eigenvalue weighted by Gasteiger charge is -2.33. The zero-order valence-electron chi connectivity index (χ0n) is 20.6. The van der Waals surface area contributed by atoms with Gasteiger partial charge in [-0.05, 0) is 63.1 Å². The molecule has 0 saturated heterocycles. The predicted octanol–water partition coefficient (Wildman–Crippen LogP) is 9.10. The Kier molecular flexibility index (Phi) is 6.80. The second kappa shape index (κ2) is 10.1. The molecule has 3 heteroatoms. The smallest absolute Gasteiger partial charge is 0.143 e. The highest BCUT2D eigenvalue weighted by Gasteiger charge is 2.42. The number of benzene rings is 3. The number of hydrogen-bond donors (Lipinski definition) is 0. The molecule has 0 amide bonds. The molecule has 1 aromatic heterocycles. The van der Waals surface area contributed by atoms with E-state index < -0.39 is 0 Å². The molecular formula is C31H36N2O. The Labute approximate surface area is 203 Å². The van der Waals surface area contributed by atoms with E-state index in [1.165, 1.54) is 92.0 Å². The van der Waals surface area contributed by atoms with Crippen molar-refractivity contribution in [1.29, 1.82) is 0 Å². The molecule has 0 bridgehead atoms.